The van der Waals surface area contributed by atoms with E-state index in [0.29, 0.717) is 0 Å². The van der Waals surface area contributed by atoms with Crippen molar-refractivity contribution in [1.82, 2.24) is 10.6 Å². The van der Waals surface area contributed by atoms with Crippen LogP contribution in [0.15, 0.2) is 24.3 Å². The molecule has 3 nitrogen and oxygen atoms in total. The lowest BCUT2D eigenvalue weighted by atomic mass is 10.3. The van der Waals surface area contributed by atoms with Crippen LogP contribution in [0.1, 0.15) is 12.8 Å². The molecule has 1 aliphatic rings. The second kappa shape index (κ2) is 5.03. The number of ether oxygens (including phenoxy) is 1. The molecule has 0 N–H and O–H groups in total. The molecular formula is C12H16N2O. The van der Waals surface area contributed by atoms with E-state index in [1.54, 1.807) is 24.3 Å². The maximum Gasteiger partial charge on any atom is 0.119 e. The summed E-state index contributed by atoms with van der Waals surface area (Å²) in [5.41, 5.74) is 9.37. The third-order valence-electron chi connectivity index (χ3n) is 2.71. The molecule has 80 valence electrons. The summed E-state index contributed by atoms with van der Waals surface area (Å²) in [4.78, 5) is 2.42. The van der Waals surface area contributed by atoms with Gasteiger partial charge in [0.25, 0.3) is 0 Å². The van der Waals surface area contributed by atoms with Gasteiger partial charge in [-0.05, 0) is 50.2 Å². The van der Waals surface area contributed by atoms with Crippen LogP contribution >= 0.6 is 0 Å². The first-order chi connectivity index (χ1) is 7.34. The Kier molecular flexibility index (Phi) is 3.45. The third-order valence-corrected chi connectivity index (χ3v) is 2.71. The standard InChI is InChI=1S/C12H16N2O/c13-11-3-5-12(6-4-11)15-10-9-14-7-1-2-8-14/h3-6H,1-2,7-10H2. The lowest BCUT2D eigenvalue weighted by molar-refractivity contribution is 0.238. The van der Waals surface area contributed by atoms with E-state index in [9.17, 15) is 0 Å². The fraction of sp³-hybridized carbons (Fsp3) is 0.500. The number of hydrogen-bond acceptors (Lipinski definition) is 2. The smallest absolute Gasteiger partial charge is 0.119 e. The number of likely N-dealkylation sites (tertiary alicyclic amines) is 1. The Hall–Kier alpha value is -1.22. The molecule has 2 radical (unpaired) electrons. The highest BCUT2D eigenvalue weighted by molar-refractivity contribution is 5.38. The molecule has 0 spiro atoms. The predicted octanol–water partition coefficient (Wildman–Crippen LogP) is 1.86. The highest BCUT2D eigenvalue weighted by Gasteiger charge is 2.10. The van der Waals surface area contributed by atoms with E-state index in [-0.39, 0.29) is 5.69 Å². The van der Waals surface area contributed by atoms with Crippen molar-refractivity contribution in [3.05, 3.63) is 24.3 Å². The van der Waals surface area contributed by atoms with Crippen molar-refractivity contribution >= 4 is 5.69 Å². The van der Waals surface area contributed by atoms with Gasteiger partial charge in [-0.2, -0.15) is 5.73 Å². The van der Waals surface area contributed by atoms with Gasteiger partial charge in [0.05, 0.1) is 5.69 Å². The lowest BCUT2D eigenvalue weighted by Crippen LogP contribution is -2.25. The van der Waals surface area contributed by atoms with Crippen molar-refractivity contribution < 1.29 is 4.74 Å². The molecule has 3 heteroatoms. The zero-order valence-electron chi connectivity index (χ0n) is 8.85. The molecule has 2 rings (SSSR count). The number of rotatable bonds is 4. The van der Waals surface area contributed by atoms with Gasteiger partial charge in [0.15, 0.2) is 0 Å². The van der Waals surface area contributed by atoms with Gasteiger partial charge in [0.2, 0.25) is 0 Å². The first-order valence-corrected chi connectivity index (χ1v) is 5.49. The Bertz CT molecular complexity index is 291. The summed E-state index contributed by atoms with van der Waals surface area (Å²) in [6.45, 7) is 4.14. The van der Waals surface area contributed by atoms with E-state index in [4.69, 9.17) is 10.5 Å². The monoisotopic (exact) mass is 204 g/mol. The quantitative estimate of drug-likeness (QED) is 0.750. The molecular weight excluding hydrogens is 188 g/mol. The van der Waals surface area contributed by atoms with Crippen LogP contribution in [0, 0.1) is 0 Å². The SMILES string of the molecule is [N]c1ccc(OCCN2CCCC2)cc1. The molecule has 0 amide bonds. The minimum atomic E-state index is 0.280. The largest absolute Gasteiger partial charge is 0.492 e. The average molecular weight is 204 g/mol. The number of hydrogen-bond donors (Lipinski definition) is 0. The highest BCUT2D eigenvalue weighted by Crippen LogP contribution is 2.14. The van der Waals surface area contributed by atoms with E-state index in [2.05, 4.69) is 4.90 Å². The molecule has 1 aliphatic heterocycles. The Balaban J connectivity index is 1.71. The highest BCUT2D eigenvalue weighted by atomic mass is 16.5. The molecule has 0 unspecified atom stereocenters. The molecule has 0 bridgehead atoms. The van der Waals surface area contributed by atoms with E-state index >= 15 is 0 Å². The fourth-order valence-corrected chi connectivity index (χ4v) is 1.84. The zero-order valence-corrected chi connectivity index (χ0v) is 8.85. The first-order valence-electron chi connectivity index (χ1n) is 5.49. The summed E-state index contributed by atoms with van der Waals surface area (Å²) in [6, 6.07) is 6.87. The molecule has 1 aromatic rings. The molecule has 0 aromatic heterocycles. The Morgan fingerprint density at radius 3 is 2.47 bits per heavy atom. The summed E-state index contributed by atoms with van der Waals surface area (Å²) in [5.74, 6) is 0.826. The minimum Gasteiger partial charge on any atom is -0.492 e. The Morgan fingerprint density at radius 2 is 1.80 bits per heavy atom. The van der Waals surface area contributed by atoms with Gasteiger partial charge < -0.3 is 4.74 Å². The summed E-state index contributed by atoms with van der Waals surface area (Å²) in [7, 11) is 0. The van der Waals surface area contributed by atoms with Crippen LogP contribution in [0.25, 0.3) is 0 Å². The van der Waals surface area contributed by atoms with E-state index in [0.717, 1.165) is 18.9 Å². The molecule has 0 aliphatic carbocycles. The Morgan fingerprint density at radius 1 is 1.13 bits per heavy atom. The van der Waals surface area contributed by atoms with Crippen molar-refractivity contribution in [2.24, 2.45) is 0 Å². The first kappa shape index (κ1) is 10.3. The number of benzene rings is 1. The van der Waals surface area contributed by atoms with E-state index < -0.39 is 0 Å². The average Bonchev–Trinajstić information content (AvgIpc) is 2.74. The van der Waals surface area contributed by atoms with Crippen LogP contribution in [0.3, 0.4) is 0 Å². The van der Waals surface area contributed by atoms with Crippen LogP contribution in [0.4, 0.5) is 5.69 Å². The van der Waals surface area contributed by atoms with Gasteiger partial charge >= 0.3 is 0 Å². The van der Waals surface area contributed by atoms with Gasteiger partial charge in [-0.15, -0.1) is 0 Å². The van der Waals surface area contributed by atoms with Gasteiger partial charge in [-0.3, -0.25) is 4.90 Å². The topological polar surface area (TPSA) is 34.8 Å². The van der Waals surface area contributed by atoms with Crippen LogP contribution in [0.2, 0.25) is 0 Å². The van der Waals surface area contributed by atoms with Crippen LogP contribution in [0.5, 0.6) is 5.75 Å². The second-order valence-electron chi connectivity index (χ2n) is 3.89. The van der Waals surface area contributed by atoms with Crippen LogP contribution in [-0.4, -0.2) is 31.1 Å². The van der Waals surface area contributed by atoms with Crippen molar-refractivity contribution in [2.75, 3.05) is 26.2 Å². The van der Waals surface area contributed by atoms with Gasteiger partial charge in [-0.1, -0.05) is 0 Å². The van der Waals surface area contributed by atoms with Crippen LogP contribution < -0.4 is 10.5 Å². The van der Waals surface area contributed by atoms with E-state index in [1.165, 1.54) is 25.9 Å². The Labute approximate surface area is 90.8 Å². The van der Waals surface area contributed by atoms with Crippen molar-refractivity contribution in [3.63, 3.8) is 0 Å². The summed E-state index contributed by atoms with van der Waals surface area (Å²) < 4.78 is 5.57. The normalized spacial score (nSPS) is 16.8. The van der Waals surface area contributed by atoms with Gasteiger partial charge in [0.1, 0.15) is 12.4 Å². The molecule has 1 fully saturated rings. The molecule has 1 heterocycles. The maximum atomic E-state index is 9.09. The summed E-state index contributed by atoms with van der Waals surface area (Å²) in [6.07, 6.45) is 2.64. The molecule has 0 saturated carbocycles. The molecule has 1 saturated heterocycles. The summed E-state index contributed by atoms with van der Waals surface area (Å²) in [5, 5.41) is 0. The second-order valence-corrected chi connectivity index (χ2v) is 3.89. The number of nitrogens with zero attached hydrogens (tertiary/aromatic N) is 2. The zero-order chi connectivity index (χ0) is 10.5. The van der Waals surface area contributed by atoms with Crippen molar-refractivity contribution in [2.45, 2.75) is 12.8 Å². The van der Waals surface area contributed by atoms with Crippen molar-refractivity contribution in [3.8, 4) is 5.75 Å². The lowest BCUT2D eigenvalue weighted by Gasteiger charge is -2.14. The van der Waals surface area contributed by atoms with Gasteiger partial charge in [-0.25, -0.2) is 0 Å². The molecule has 0 atom stereocenters. The minimum absolute atomic E-state index is 0.280. The van der Waals surface area contributed by atoms with Gasteiger partial charge in [0, 0.05) is 6.54 Å². The van der Waals surface area contributed by atoms with Crippen LogP contribution in [-0.2, 0) is 0 Å². The van der Waals surface area contributed by atoms with E-state index in [1.807, 2.05) is 0 Å². The summed E-state index contributed by atoms with van der Waals surface area (Å²) >= 11 is 0. The van der Waals surface area contributed by atoms with Crippen molar-refractivity contribution in [1.29, 1.82) is 0 Å². The fourth-order valence-electron chi connectivity index (χ4n) is 1.84. The third kappa shape index (κ3) is 3.13. The predicted molar refractivity (Wildman–Crippen MR) is 59.4 cm³/mol. The molecule has 1 aromatic carbocycles. The maximum absolute atomic E-state index is 9.09. The molecule has 15 heavy (non-hydrogen) atoms.